The van der Waals surface area contributed by atoms with Crippen LogP contribution in [0.15, 0.2) is 163 Å². The number of aryl methyl sites for hydroxylation is 2. The van der Waals surface area contributed by atoms with Crippen LogP contribution in [0.2, 0.25) is 0 Å². The van der Waals surface area contributed by atoms with Crippen molar-refractivity contribution in [3.8, 4) is 56.2 Å². The van der Waals surface area contributed by atoms with Crippen molar-refractivity contribution in [2.24, 2.45) is 14.1 Å². The molecule has 5 heteroatoms. The van der Waals surface area contributed by atoms with Crippen LogP contribution >= 0.6 is 0 Å². The fourth-order valence-corrected chi connectivity index (χ4v) is 7.38. The fourth-order valence-electron chi connectivity index (χ4n) is 7.38. The number of hydrogen-bond donors (Lipinski definition) is 0. The van der Waals surface area contributed by atoms with Gasteiger partial charge >= 0.3 is 5.69 Å². The summed E-state index contributed by atoms with van der Waals surface area (Å²) < 4.78 is 3.39. The van der Waals surface area contributed by atoms with Crippen LogP contribution in [-0.2, 0) is 14.1 Å². The summed E-state index contributed by atoms with van der Waals surface area (Å²) >= 11 is 0. The minimum Gasteiger partial charge on any atom is -0.295 e. The third-order valence-corrected chi connectivity index (χ3v) is 9.79. The lowest BCUT2D eigenvalue weighted by Crippen LogP contribution is -2.19. The molecule has 0 bridgehead atoms. The summed E-state index contributed by atoms with van der Waals surface area (Å²) in [6, 6.07) is 54.8. The van der Waals surface area contributed by atoms with Gasteiger partial charge in [-0.05, 0) is 62.0 Å². The third-order valence-electron chi connectivity index (χ3n) is 9.79. The summed E-state index contributed by atoms with van der Waals surface area (Å²) in [6.07, 6.45) is 0. The van der Waals surface area contributed by atoms with Crippen molar-refractivity contribution in [3.05, 3.63) is 168 Å². The van der Waals surface area contributed by atoms with Crippen molar-refractivity contribution in [3.63, 3.8) is 0 Å². The summed E-state index contributed by atoms with van der Waals surface area (Å²) in [6.45, 7) is 0. The minimum absolute atomic E-state index is 0.0453. The smallest absolute Gasteiger partial charge is 0.295 e. The highest BCUT2D eigenvalue weighted by Gasteiger charge is 2.20. The first kappa shape index (κ1) is 29.5. The van der Waals surface area contributed by atoms with E-state index in [0.29, 0.717) is 5.82 Å². The molecule has 0 aliphatic carbocycles. The predicted octanol–water partition coefficient (Wildman–Crippen LogP) is 10.3. The van der Waals surface area contributed by atoms with Crippen molar-refractivity contribution in [2.45, 2.75) is 0 Å². The molecular formula is C45H32N4O. The molecule has 0 fully saturated rings. The number of aromatic nitrogens is 4. The van der Waals surface area contributed by atoms with Gasteiger partial charge in [-0.2, -0.15) is 0 Å². The Morgan fingerprint density at radius 1 is 0.420 bits per heavy atom. The number of hydrogen-bond acceptors (Lipinski definition) is 3. The van der Waals surface area contributed by atoms with Crippen LogP contribution in [0.1, 0.15) is 0 Å². The first-order valence-corrected chi connectivity index (χ1v) is 16.8. The van der Waals surface area contributed by atoms with E-state index in [1.807, 2.05) is 38.4 Å². The summed E-state index contributed by atoms with van der Waals surface area (Å²) in [5, 5.41) is 4.63. The van der Waals surface area contributed by atoms with E-state index in [-0.39, 0.29) is 5.69 Å². The van der Waals surface area contributed by atoms with Gasteiger partial charge in [-0.3, -0.25) is 9.13 Å². The van der Waals surface area contributed by atoms with E-state index in [1.165, 1.54) is 21.9 Å². The SMILES string of the molecule is Cn1c(=O)n(C)c2cc(-c3ccccc3-c3cc(-c4c5ccccc5c(-c5ccccc5)c5ccccc45)nc(-c4ccccc4)n3)ccc21. The van der Waals surface area contributed by atoms with Gasteiger partial charge in [0, 0.05) is 30.8 Å². The average molecular weight is 645 g/mol. The van der Waals surface area contributed by atoms with Crippen molar-refractivity contribution < 1.29 is 0 Å². The zero-order valence-electron chi connectivity index (χ0n) is 27.7. The lowest BCUT2D eigenvalue weighted by atomic mass is 9.87. The molecule has 0 amide bonds. The first-order valence-electron chi connectivity index (χ1n) is 16.8. The maximum absolute atomic E-state index is 12.8. The molecule has 5 nitrogen and oxygen atoms in total. The molecule has 0 saturated carbocycles. The Balaban J connectivity index is 1.34. The Kier molecular flexibility index (Phi) is 6.99. The summed E-state index contributed by atoms with van der Waals surface area (Å²) in [7, 11) is 3.63. The third kappa shape index (κ3) is 4.74. The molecule has 50 heavy (non-hydrogen) atoms. The Labute approximate surface area is 289 Å². The molecule has 0 N–H and O–H groups in total. The van der Waals surface area contributed by atoms with Gasteiger partial charge in [0.05, 0.1) is 22.4 Å². The van der Waals surface area contributed by atoms with Gasteiger partial charge in [-0.15, -0.1) is 0 Å². The maximum atomic E-state index is 12.8. The van der Waals surface area contributed by atoms with Crippen molar-refractivity contribution in [1.82, 2.24) is 19.1 Å². The van der Waals surface area contributed by atoms with Gasteiger partial charge in [0.25, 0.3) is 0 Å². The summed E-state index contributed by atoms with van der Waals surface area (Å²) in [4.78, 5) is 23.3. The molecule has 9 rings (SSSR count). The van der Waals surface area contributed by atoms with Crippen LogP contribution in [0, 0.1) is 0 Å². The molecule has 238 valence electrons. The predicted molar refractivity (Wildman–Crippen MR) is 206 cm³/mol. The van der Waals surface area contributed by atoms with E-state index >= 15 is 0 Å². The van der Waals surface area contributed by atoms with E-state index in [1.54, 1.807) is 9.13 Å². The second kappa shape index (κ2) is 11.8. The molecule has 2 heterocycles. The van der Waals surface area contributed by atoms with Crippen LogP contribution in [-0.4, -0.2) is 19.1 Å². The van der Waals surface area contributed by atoms with Crippen LogP contribution in [0.25, 0.3) is 88.7 Å². The number of rotatable bonds is 5. The molecule has 0 aliphatic rings. The highest BCUT2D eigenvalue weighted by atomic mass is 16.1. The molecule has 0 atom stereocenters. The summed E-state index contributed by atoms with van der Waals surface area (Å²) in [5.74, 6) is 0.661. The Bertz CT molecular complexity index is 2740. The van der Waals surface area contributed by atoms with Crippen molar-refractivity contribution >= 4 is 32.6 Å². The number of fused-ring (bicyclic) bond motifs is 3. The van der Waals surface area contributed by atoms with E-state index in [2.05, 4.69) is 133 Å². The number of nitrogens with zero attached hydrogens (tertiary/aromatic N) is 4. The average Bonchev–Trinajstić information content (AvgIpc) is 3.40. The Morgan fingerprint density at radius 3 is 1.56 bits per heavy atom. The number of imidazole rings is 1. The summed E-state index contributed by atoms with van der Waals surface area (Å²) in [5.41, 5.74) is 10.9. The highest BCUT2D eigenvalue weighted by molar-refractivity contribution is 6.21. The Morgan fingerprint density at radius 2 is 0.920 bits per heavy atom. The molecule has 0 saturated heterocycles. The van der Waals surface area contributed by atoms with Crippen LogP contribution < -0.4 is 5.69 Å². The molecule has 0 unspecified atom stereocenters. The zero-order chi connectivity index (χ0) is 33.8. The quantitative estimate of drug-likeness (QED) is 0.175. The molecular weight excluding hydrogens is 613 g/mol. The van der Waals surface area contributed by atoms with Gasteiger partial charge in [-0.1, -0.05) is 140 Å². The van der Waals surface area contributed by atoms with Crippen molar-refractivity contribution in [2.75, 3.05) is 0 Å². The van der Waals surface area contributed by atoms with Gasteiger partial charge in [-0.25, -0.2) is 14.8 Å². The van der Waals surface area contributed by atoms with E-state index in [4.69, 9.17) is 9.97 Å². The zero-order valence-corrected chi connectivity index (χ0v) is 27.7. The van der Waals surface area contributed by atoms with E-state index in [9.17, 15) is 4.79 Å². The molecule has 0 aliphatic heterocycles. The maximum Gasteiger partial charge on any atom is 0.328 e. The fraction of sp³-hybridized carbons (Fsp3) is 0.0444. The van der Waals surface area contributed by atoms with Gasteiger partial charge in [0.2, 0.25) is 0 Å². The van der Waals surface area contributed by atoms with Gasteiger partial charge in [0.1, 0.15) is 0 Å². The molecule has 2 aromatic heterocycles. The molecule has 0 radical (unpaired) electrons. The van der Waals surface area contributed by atoms with E-state index < -0.39 is 0 Å². The van der Waals surface area contributed by atoms with Gasteiger partial charge in [0.15, 0.2) is 5.82 Å². The van der Waals surface area contributed by atoms with Crippen LogP contribution in [0.3, 0.4) is 0 Å². The monoisotopic (exact) mass is 644 g/mol. The normalized spacial score (nSPS) is 11.5. The van der Waals surface area contributed by atoms with Gasteiger partial charge < -0.3 is 0 Å². The lowest BCUT2D eigenvalue weighted by molar-refractivity contribution is 0.795. The lowest BCUT2D eigenvalue weighted by Gasteiger charge is -2.18. The van der Waals surface area contributed by atoms with Crippen LogP contribution in [0.4, 0.5) is 0 Å². The molecule has 0 spiro atoms. The molecule has 9 aromatic rings. The second-order valence-corrected chi connectivity index (χ2v) is 12.7. The standard InChI is InChI=1S/C45H32N4O/c1-48-40-26-25-31(27-41(40)49(2)45(48)50)32-19-9-10-20-33(32)38-28-39(47-44(46-38)30-17-7-4-8-18-30)43-36-23-13-11-21-34(36)42(29-15-5-3-6-16-29)35-22-12-14-24-37(35)43/h3-28H,1-2H3. The largest absolute Gasteiger partial charge is 0.328 e. The minimum atomic E-state index is -0.0453. The molecule has 7 aromatic carbocycles. The number of benzene rings is 7. The second-order valence-electron chi connectivity index (χ2n) is 12.7. The topological polar surface area (TPSA) is 52.7 Å². The first-order chi connectivity index (χ1) is 24.6. The highest BCUT2D eigenvalue weighted by Crippen LogP contribution is 2.44. The van der Waals surface area contributed by atoms with E-state index in [0.717, 1.165) is 61.0 Å². The van der Waals surface area contributed by atoms with Crippen LogP contribution in [0.5, 0.6) is 0 Å². The van der Waals surface area contributed by atoms with Crippen molar-refractivity contribution in [1.29, 1.82) is 0 Å². The Hall–Kier alpha value is -6.59.